The van der Waals surface area contributed by atoms with Gasteiger partial charge in [0.2, 0.25) is 0 Å². The van der Waals surface area contributed by atoms with Gasteiger partial charge in [0.1, 0.15) is 5.82 Å². The van der Waals surface area contributed by atoms with Crippen LogP contribution in [0.2, 0.25) is 0 Å². The van der Waals surface area contributed by atoms with E-state index in [0.29, 0.717) is 6.04 Å². The topological polar surface area (TPSA) is 40.7 Å². The summed E-state index contributed by atoms with van der Waals surface area (Å²) in [5.74, 6) is 1.02. The second-order valence-electron chi connectivity index (χ2n) is 3.01. The summed E-state index contributed by atoms with van der Waals surface area (Å²) < 4.78 is 0. The molecule has 0 bridgehead atoms. The van der Waals surface area contributed by atoms with Gasteiger partial charge in [0.15, 0.2) is 0 Å². The van der Waals surface area contributed by atoms with Crippen LogP contribution in [0.15, 0.2) is 12.3 Å². The first kappa shape index (κ1) is 9.10. The van der Waals surface area contributed by atoms with Crippen molar-refractivity contribution in [3.63, 3.8) is 0 Å². The minimum Gasteiger partial charge on any atom is -0.368 e. The van der Waals surface area contributed by atoms with E-state index >= 15 is 0 Å². The fraction of sp³-hybridized carbons (Fsp3) is 0.667. The van der Waals surface area contributed by atoms with E-state index in [1.54, 1.807) is 6.20 Å². The van der Waals surface area contributed by atoms with Crippen LogP contribution < -0.4 is 5.32 Å². The maximum absolute atomic E-state index is 3.88. The zero-order valence-corrected chi connectivity index (χ0v) is 7.80. The Bertz CT molecular complexity index is 194. The molecule has 0 saturated heterocycles. The Morgan fingerprint density at radius 1 is 1.58 bits per heavy atom. The van der Waals surface area contributed by atoms with Crippen LogP contribution in [0.25, 0.3) is 0 Å². The molecular formula is C9H17N3. The van der Waals surface area contributed by atoms with Gasteiger partial charge in [-0.2, -0.15) is 5.10 Å². The highest BCUT2D eigenvalue weighted by atomic mass is 15.2. The summed E-state index contributed by atoms with van der Waals surface area (Å²) in [5.41, 5.74) is 0. The lowest BCUT2D eigenvalue weighted by Crippen LogP contribution is -2.18. The first-order valence-electron chi connectivity index (χ1n) is 4.62. The number of aromatic nitrogens is 2. The Kier molecular flexibility index (Phi) is 3.64. The quantitative estimate of drug-likeness (QED) is 0.707. The monoisotopic (exact) mass is 167 g/mol. The van der Waals surface area contributed by atoms with Gasteiger partial charge in [0.25, 0.3) is 0 Å². The molecule has 1 aromatic heterocycles. The molecule has 0 fully saturated rings. The van der Waals surface area contributed by atoms with E-state index in [4.69, 9.17) is 0 Å². The van der Waals surface area contributed by atoms with Crippen molar-refractivity contribution in [2.24, 2.45) is 0 Å². The summed E-state index contributed by atoms with van der Waals surface area (Å²) in [6.45, 7) is 4.40. The molecule has 0 aliphatic heterocycles. The predicted octanol–water partition coefficient (Wildman–Crippen LogP) is 2.40. The summed E-state index contributed by atoms with van der Waals surface area (Å²) in [5, 5.41) is 10.2. The number of H-pyrrole nitrogens is 1. The third kappa shape index (κ3) is 2.57. The van der Waals surface area contributed by atoms with Gasteiger partial charge in [0, 0.05) is 6.04 Å². The first-order chi connectivity index (χ1) is 5.86. The normalized spacial score (nSPS) is 12.8. The van der Waals surface area contributed by atoms with Gasteiger partial charge < -0.3 is 5.32 Å². The second-order valence-corrected chi connectivity index (χ2v) is 3.01. The average molecular weight is 167 g/mol. The Hall–Kier alpha value is -0.990. The van der Waals surface area contributed by atoms with Gasteiger partial charge in [-0.25, -0.2) is 0 Å². The van der Waals surface area contributed by atoms with E-state index < -0.39 is 0 Å². The van der Waals surface area contributed by atoms with Crippen LogP contribution in [-0.2, 0) is 0 Å². The molecule has 0 amide bonds. The molecule has 1 aromatic rings. The lowest BCUT2D eigenvalue weighted by Gasteiger charge is -2.15. The molecule has 0 spiro atoms. The van der Waals surface area contributed by atoms with Crippen LogP contribution in [0.5, 0.6) is 0 Å². The number of hydrogen-bond acceptors (Lipinski definition) is 2. The maximum atomic E-state index is 3.88. The highest BCUT2D eigenvalue weighted by Gasteiger charge is 2.04. The number of nitrogens with zero attached hydrogens (tertiary/aromatic N) is 1. The molecule has 0 radical (unpaired) electrons. The van der Waals surface area contributed by atoms with E-state index in [1.165, 1.54) is 12.8 Å². The van der Waals surface area contributed by atoms with Gasteiger partial charge >= 0.3 is 0 Å². The molecular weight excluding hydrogens is 150 g/mol. The zero-order chi connectivity index (χ0) is 8.81. The van der Waals surface area contributed by atoms with Crippen LogP contribution in [0.4, 0.5) is 5.82 Å². The number of anilines is 1. The summed E-state index contributed by atoms with van der Waals surface area (Å²) in [7, 11) is 0. The highest BCUT2D eigenvalue weighted by Crippen LogP contribution is 2.08. The molecule has 3 nitrogen and oxygen atoms in total. The minimum atomic E-state index is 0.579. The summed E-state index contributed by atoms with van der Waals surface area (Å²) in [6, 6.07) is 2.54. The maximum Gasteiger partial charge on any atom is 0.121 e. The number of rotatable bonds is 5. The van der Waals surface area contributed by atoms with E-state index in [9.17, 15) is 0 Å². The molecule has 1 atom stereocenters. The molecule has 12 heavy (non-hydrogen) atoms. The summed E-state index contributed by atoms with van der Waals surface area (Å²) >= 11 is 0. The van der Waals surface area contributed by atoms with Crippen LogP contribution in [0, 0.1) is 0 Å². The summed E-state index contributed by atoms with van der Waals surface area (Å²) in [4.78, 5) is 0. The lowest BCUT2D eigenvalue weighted by molar-refractivity contribution is 0.620. The molecule has 2 N–H and O–H groups in total. The number of aromatic amines is 1. The standard InChI is InChI=1S/C9H17N3/c1-3-5-8(4-2)11-9-6-7-10-12-9/h6-8H,3-5H2,1-2H3,(H2,10,11,12). The first-order valence-corrected chi connectivity index (χ1v) is 4.62. The van der Waals surface area contributed by atoms with Crippen molar-refractivity contribution in [3.8, 4) is 0 Å². The molecule has 68 valence electrons. The van der Waals surface area contributed by atoms with Crippen molar-refractivity contribution in [3.05, 3.63) is 12.3 Å². The fourth-order valence-corrected chi connectivity index (χ4v) is 1.28. The molecule has 0 saturated carbocycles. The molecule has 0 aromatic carbocycles. The third-order valence-electron chi connectivity index (χ3n) is 1.99. The average Bonchev–Trinajstić information content (AvgIpc) is 2.56. The highest BCUT2D eigenvalue weighted by molar-refractivity contribution is 5.32. The largest absolute Gasteiger partial charge is 0.368 e. The van der Waals surface area contributed by atoms with Gasteiger partial charge in [0.05, 0.1) is 6.20 Å². The molecule has 0 aliphatic rings. The Morgan fingerprint density at radius 3 is 2.92 bits per heavy atom. The minimum absolute atomic E-state index is 0.579. The number of hydrogen-bond donors (Lipinski definition) is 2. The van der Waals surface area contributed by atoms with Crippen LogP contribution in [0.1, 0.15) is 33.1 Å². The van der Waals surface area contributed by atoms with Crippen molar-refractivity contribution < 1.29 is 0 Å². The van der Waals surface area contributed by atoms with Crippen LogP contribution >= 0.6 is 0 Å². The predicted molar refractivity (Wildman–Crippen MR) is 51.2 cm³/mol. The Labute approximate surface area is 73.6 Å². The zero-order valence-electron chi connectivity index (χ0n) is 7.80. The lowest BCUT2D eigenvalue weighted by atomic mass is 10.1. The van der Waals surface area contributed by atoms with E-state index in [0.717, 1.165) is 12.2 Å². The molecule has 0 aliphatic carbocycles. The summed E-state index contributed by atoms with van der Waals surface area (Å²) in [6.07, 6.45) is 5.36. The van der Waals surface area contributed by atoms with Gasteiger partial charge in [-0.3, -0.25) is 5.10 Å². The molecule has 1 rings (SSSR count). The van der Waals surface area contributed by atoms with Crippen molar-refractivity contribution >= 4 is 5.82 Å². The Balaban J connectivity index is 2.37. The van der Waals surface area contributed by atoms with Crippen molar-refractivity contribution in [2.45, 2.75) is 39.2 Å². The van der Waals surface area contributed by atoms with E-state index in [1.807, 2.05) is 6.07 Å². The van der Waals surface area contributed by atoms with Crippen molar-refractivity contribution in [1.29, 1.82) is 0 Å². The fourth-order valence-electron chi connectivity index (χ4n) is 1.28. The Morgan fingerprint density at radius 2 is 2.42 bits per heavy atom. The number of nitrogens with one attached hydrogen (secondary N) is 2. The van der Waals surface area contributed by atoms with Gasteiger partial charge in [-0.15, -0.1) is 0 Å². The smallest absolute Gasteiger partial charge is 0.121 e. The van der Waals surface area contributed by atoms with E-state index in [2.05, 4.69) is 29.4 Å². The SMILES string of the molecule is CCCC(CC)Nc1ccn[nH]1. The van der Waals surface area contributed by atoms with Crippen LogP contribution in [0.3, 0.4) is 0 Å². The van der Waals surface area contributed by atoms with E-state index in [-0.39, 0.29) is 0 Å². The van der Waals surface area contributed by atoms with Gasteiger partial charge in [-0.05, 0) is 18.9 Å². The molecule has 3 heteroatoms. The molecule has 1 heterocycles. The third-order valence-corrected chi connectivity index (χ3v) is 1.99. The second kappa shape index (κ2) is 4.80. The molecule has 1 unspecified atom stereocenters. The van der Waals surface area contributed by atoms with Crippen molar-refractivity contribution in [2.75, 3.05) is 5.32 Å². The van der Waals surface area contributed by atoms with Gasteiger partial charge in [-0.1, -0.05) is 20.3 Å². The van der Waals surface area contributed by atoms with Crippen LogP contribution in [-0.4, -0.2) is 16.2 Å². The van der Waals surface area contributed by atoms with Crippen molar-refractivity contribution in [1.82, 2.24) is 10.2 Å².